The molecule has 0 aliphatic carbocycles. The molecule has 144 valence electrons. The average molecular weight is 411 g/mol. The van der Waals surface area contributed by atoms with Crippen molar-refractivity contribution in [1.82, 2.24) is 4.31 Å². The third-order valence-electron chi connectivity index (χ3n) is 4.34. The van der Waals surface area contributed by atoms with Crippen molar-refractivity contribution in [2.24, 2.45) is 5.92 Å². The summed E-state index contributed by atoms with van der Waals surface area (Å²) < 4.78 is 61.7. The number of hydrogen-bond acceptors (Lipinski definition) is 6. The molecule has 2 atom stereocenters. The second-order valence-electron chi connectivity index (χ2n) is 6.08. The zero-order chi connectivity index (χ0) is 19.8. The molecule has 27 heavy (non-hydrogen) atoms. The first kappa shape index (κ1) is 19.5. The van der Waals surface area contributed by atoms with Gasteiger partial charge in [0.2, 0.25) is 5.91 Å². The second-order valence-corrected chi connectivity index (χ2v) is 8.95. The summed E-state index contributed by atoms with van der Waals surface area (Å²) in [6.45, 7) is 0.963. The number of hydrogen-bond donors (Lipinski definition) is 1. The largest absolute Gasteiger partial charge is 0.397 e. The number of β-lactam (4-membered cyclic amide) rings is 1. The van der Waals surface area contributed by atoms with Crippen LogP contribution in [0.15, 0.2) is 59.5 Å². The van der Waals surface area contributed by atoms with E-state index in [1.807, 2.05) is 0 Å². The van der Waals surface area contributed by atoms with E-state index in [2.05, 4.69) is 4.18 Å². The van der Waals surface area contributed by atoms with Gasteiger partial charge in [0.25, 0.3) is 10.0 Å². The Morgan fingerprint density at radius 2 is 1.59 bits per heavy atom. The van der Waals surface area contributed by atoms with E-state index in [0.29, 0.717) is 11.1 Å². The van der Waals surface area contributed by atoms with Crippen molar-refractivity contribution >= 4 is 26.3 Å². The summed E-state index contributed by atoms with van der Waals surface area (Å²) in [6.07, 6.45) is 0. The second kappa shape index (κ2) is 7.04. The van der Waals surface area contributed by atoms with E-state index < -0.39 is 44.9 Å². The number of aryl methyl sites for hydroxylation is 1. The van der Waals surface area contributed by atoms with Crippen molar-refractivity contribution in [2.75, 3.05) is 6.61 Å². The number of benzene rings is 2. The zero-order valence-electron chi connectivity index (χ0n) is 14.2. The smallest absolute Gasteiger partial charge is 0.273 e. The fourth-order valence-electron chi connectivity index (χ4n) is 3.08. The third kappa shape index (κ3) is 3.74. The Hall–Kier alpha value is -2.27. The maximum absolute atomic E-state index is 13.1. The van der Waals surface area contributed by atoms with Crippen LogP contribution in [0.5, 0.6) is 0 Å². The minimum atomic E-state index is -4.76. The summed E-state index contributed by atoms with van der Waals surface area (Å²) >= 11 is 0. The molecule has 8 nitrogen and oxygen atoms in total. The first-order valence-corrected chi connectivity index (χ1v) is 10.7. The van der Waals surface area contributed by atoms with Gasteiger partial charge in [0.1, 0.15) is 0 Å². The molecule has 1 unspecified atom stereocenters. The number of carbonyl (C=O) groups excluding carboxylic acids is 1. The van der Waals surface area contributed by atoms with Gasteiger partial charge in [-0.25, -0.2) is 16.9 Å². The average Bonchev–Trinajstić information content (AvgIpc) is 2.59. The van der Waals surface area contributed by atoms with E-state index in [1.54, 1.807) is 55.5 Å². The molecule has 0 saturated carbocycles. The van der Waals surface area contributed by atoms with Gasteiger partial charge in [0.05, 0.1) is 23.5 Å². The van der Waals surface area contributed by atoms with Crippen LogP contribution < -0.4 is 0 Å². The molecule has 2 aromatic carbocycles. The van der Waals surface area contributed by atoms with E-state index in [1.165, 1.54) is 6.07 Å². The molecule has 0 spiro atoms. The number of carbonyl (C=O) groups is 1. The fraction of sp³-hybridized carbons (Fsp3) is 0.235. The molecule has 1 saturated heterocycles. The Morgan fingerprint density at radius 3 is 2.19 bits per heavy atom. The van der Waals surface area contributed by atoms with Crippen LogP contribution in [-0.2, 0) is 29.4 Å². The van der Waals surface area contributed by atoms with Crippen molar-refractivity contribution < 1.29 is 30.4 Å². The molecule has 1 aliphatic heterocycles. The predicted octanol–water partition coefficient (Wildman–Crippen LogP) is 1.70. The number of nitrogens with zero attached hydrogens (tertiary/aromatic N) is 1. The molecular formula is C17H17NO7S2. The van der Waals surface area contributed by atoms with Crippen molar-refractivity contribution in [3.05, 3.63) is 65.7 Å². The summed E-state index contributed by atoms with van der Waals surface area (Å²) in [5.74, 6) is -1.86. The molecule has 0 radical (unpaired) electrons. The molecule has 1 fully saturated rings. The first-order chi connectivity index (χ1) is 12.6. The van der Waals surface area contributed by atoms with Crippen molar-refractivity contribution in [3.8, 4) is 0 Å². The lowest BCUT2D eigenvalue weighted by atomic mass is 9.86. The Balaban J connectivity index is 2.01. The van der Waals surface area contributed by atoms with Gasteiger partial charge in [0, 0.05) is 0 Å². The Kier molecular flexibility index (Phi) is 5.08. The number of amides is 1. The van der Waals surface area contributed by atoms with Crippen LogP contribution in [0.2, 0.25) is 0 Å². The predicted molar refractivity (Wildman–Crippen MR) is 95.4 cm³/mol. The van der Waals surface area contributed by atoms with Gasteiger partial charge >= 0.3 is 10.4 Å². The van der Waals surface area contributed by atoms with Gasteiger partial charge in [-0.2, -0.15) is 8.42 Å². The van der Waals surface area contributed by atoms with E-state index in [4.69, 9.17) is 4.55 Å². The molecule has 0 bridgehead atoms. The third-order valence-corrected chi connectivity index (χ3v) is 6.71. The van der Waals surface area contributed by atoms with Gasteiger partial charge in [0.15, 0.2) is 0 Å². The van der Waals surface area contributed by atoms with Gasteiger partial charge < -0.3 is 0 Å². The van der Waals surface area contributed by atoms with Crippen molar-refractivity contribution in [1.29, 1.82) is 0 Å². The lowest BCUT2D eigenvalue weighted by molar-refractivity contribution is -0.148. The normalized spacial score (nSPS) is 20.4. The summed E-state index contributed by atoms with van der Waals surface area (Å²) in [7, 11) is -8.91. The van der Waals surface area contributed by atoms with Gasteiger partial charge in [-0.1, -0.05) is 48.5 Å². The molecule has 1 N–H and O–H groups in total. The van der Waals surface area contributed by atoms with Crippen LogP contribution in [0.1, 0.15) is 17.2 Å². The maximum Gasteiger partial charge on any atom is 0.397 e. The minimum absolute atomic E-state index is 0.00608. The van der Waals surface area contributed by atoms with Crippen LogP contribution in [-0.4, -0.2) is 38.2 Å². The topological polar surface area (TPSA) is 118 Å². The van der Waals surface area contributed by atoms with Gasteiger partial charge in [-0.05, 0) is 24.1 Å². The summed E-state index contributed by atoms with van der Waals surface area (Å²) in [6, 6.07) is 13.7. The lowest BCUT2D eigenvalue weighted by Crippen LogP contribution is -2.58. The number of rotatable bonds is 6. The Labute approximate surface area is 157 Å². The van der Waals surface area contributed by atoms with Crippen LogP contribution in [0, 0.1) is 12.8 Å². The molecular weight excluding hydrogens is 394 g/mol. The first-order valence-electron chi connectivity index (χ1n) is 7.93. The molecule has 2 aromatic rings. The van der Waals surface area contributed by atoms with E-state index >= 15 is 0 Å². The molecule has 1 aliphatic rings. The zero-order valence-corrected chi connectivity index (χ0v) is 15.9. The maximum atomic E-state index is 13.1. The van der Waals surface area contributed by atoms with E-state index in [-0.39, 0.29) is 4.90 Å². The highest BCUT2D eigenvalue weighted by Gasteiger charge is 2.54. The highest BCUT2D eigenvalue weighted by atomic mass is 32.3. The highest BCUT2D eigenvalue weighted by molar-refractivity contribution is 7.89. The van der Waals surface area contributed by atoms with E-state index in [0.717, 1.165) is 4.31 Å². The molecule has 1 amide bonds. The van der Waals surface area contributed by atoms with Crippen LogP contribution >= 0.6 is 0 Å². The van der Waals surface area contributed by atoms with Gasteiger partial charge in [-0.3, -0.25) is 9.35 Å². The highest BCUT2D eigenvalue weighted by Crippen LogP contribution is 2.44. The van der Waals surface area contributed by atoms with Gasteiger partial charge in [-0.15, -0.1) is 0 Å². The summed E-state index contributed by atoms with van der Waals surface area (Å²) in [5, 5.41) is 0. The van der Waals surface area contributed by atoms with Crippen LogP contribution in [0.3, 0.4) is 0 Å². The Morgan fingerprint density at radius 1 is 1.00 bits per heavy atom. The standard InChI is InChI=1S/C17H17NO7S2/c1-12-7-5-6-10-15(12)26(20,21)18-16(13-8-3-2-4-9-13)14(17(18)19)11-25-27(22,23)24/h2-10,14,16H,11H2,1H3,(H,22,23,24)/t14?,16-/m1/s1. The summed E-state index contributed by atoms with van der Waals surface area (Å²) in [5.41, 5.74) is 0.993. The minimum Gasteiger partial charge on any atom is -0.273 e. The van der Waals surface area contributed by atoms with Crippen molar-refractivity contribution in [3.63, 3.8) is 0 Å². The fourth-order valence-corrected chi connectivity index (χ4v) is 5.27. The molecule has 0 aromatic heterocycles. The summed E-state index contributed by atoms with van der Waals surface area (Å²) in [4.78, 5) is 12.6. The molecule has 3 rings (SSSR count). The lowest BCUT2D eigenvalue weighted by Gasteiger charge is -2.45. The van der Waals surface area contributed by atoms with Crippen molar-refractivity contribution in [2.45, 2.75) is 17.9 Å². The quantitative estimate of drug-likeness (QED) is 0.568. The van der Waals surface area contributed by atoms with Crippen LogP contribution in [0.25, 0.3) is 0 Å². The van der Waals surface area contributed by atoms with Crippen LogP contribution in [0.4, 0.5) is 0 Å². The number of sulfonamides is 1. The Bertz CT molecular complexity index is 1070. The van der Waals surface area contributed by atoms with E-state index in [9.17, 15) is 21.6 Å². The molecule has 1 heterocycles. The monoisotopic (exact) mass is 411 g/mol. The SMILES string of the molecule is Cc1ccccc1S(=O)(=O)N1C(=O)C(COS(=O)(=O)O)[C@H]1c1ccccc1. The molecule has 10 heteroatoms.